The lowest BCUT2D eigenvalue weighted by atomic mass is 9.75. The summed E-state index contributed by atoms with van der Waals surface area (Å²) in [6.45, 7) is 7.06. The Hall–Kier alpha value is -1.46. The Kier molecular flexibility index (Phi) is 5.60. The highest BCUT2D eigenvalue weighted by atomic mass is 19.3. The lowest BCUT2D eigenvalue weighted by Gasteiger charge is -2.31. The molecule has 0 radical (unpaired) electrons. The molecule has 1 saturated carbocycles. The van der Waals surface area contributed by atoms with Gasteiger partial charge in [-0.15, -0.1) is 0 Å². The fraction of sp³-hybridized carbons (Fsp3) is 0.632. The van der Waals surface area contributed by atoms with Crippen LogP contribution in [-0.2, 0) is 4.74 Å². The van der Waals surface area contributed by atoms with Crippen molar-refractivity contribution in [3.8, 4) is 0 Å². The molecule has 0 saturated heterocycles. The third-order valence-corrected chi connectivity index (χ3v) is 4.56. The zero-order valence-corrected chi connectivity index (χ0v) is 15.6. The van der Waals surface area contributed by atoms with Crippen LogP contribution in [0.15, 0.2) is 12.1 Å². The van der Waals surface area contributed by atoms with E-state index < -0.39 is 23.3 Å². The van der Waals surface area contributed by atoms with Gasteiger partial charge in [-0.25, -0.2) is 18.0 Å². The molecule has 0 aliphatic heterocycles. The first-order valence-electron chi connectivity index (χ1n) is 8.85. The number of carbonyl (C=O) groups is 1. The van der Waals surface area contributed by atoms with E-state index >= 15 is 0 Å². The lowest BCUT2D eigenvalue weighted by Crippen LogP contribution is -2.28. The highest BCUT2D eigenvalue weighted by molar-refractivity contribution is 6.13. The molecule has 6 heteroatoms. The van der Waals surface area contributed by atoms with Crippen LogP contribution in [0.2, 0.25) is 0 Å². The second-order valence-corrected chi connectivity index (χ2v) is 8.21. The third-order valence-electron chi connectivity index (χ3n) is 4.56. The van der Waals surface area contributed by atoms with E-state index in [1.54, 1.807) is 26.8 Å². The zero-order valence-electron chi connectivity index (χ0n) is 15.6. The van der Waals surface area contributed by atoms with E-state index in [-0.39, 0.29) is 43.0 Å². The van der Waals surface area contributed by atoms with Crippen molar-refractivity contribution in [3.05, 3.63) is 34.6 Å². The van der Waals surface area contributed by atoms with Crippen LogP contribution in [0.4, 0.5) is 13.2 Å². The van der Waals surface area contributed by atoms with E-state index in [4.69, 9.17) is 4.74 Å². The van der Waals surface area contributed by atoms with Crippen LogP contribution in [0.3, 0.4) is 0 Å². The molecular weight excluding hydrogens is 328 g/mol. The van der Waals surface area contributed by atoms with E-state index in [9.17, 15) is 18.0 Å². The normalized spacial score (nSPS) is 19.5. The van der Waals surface area contributed by atoms with Gasteiger partial charge in [-0.1, -0.05) is 13.0 Å². The summed E-state index contributed by atoms with van der Waals surface area (Å²) in [5, 5.41) is 0. The predicted octanol–water partition coefficient (Wildman–Crippen LogP) is 4.77. The Morgan fingerprint density at radius 3 is 2.32 bits per heavy atom. The SMILES string of the molecule is B[C@H](C)c1c(F)ccc(C2CCC(F)(F)CC2)c1C(=O)OC(C)(C)C. The largest absolute Gasteiger partial charge is 0.456 e. The summed E-state index contributed by atoms with van der Waals surface area (Å²) in [6, 6.07) is 2.90. The average Bonchev–Trinajstić information content (AvgIpc) is 2.45. The molecule has 1 aliphatic carbocycles. The van der Waals surface area contributed by atoms with Crippen molar-refractivity contribution >= 4 is 13.8 Å². The number of rotatable bonds is 3. The molecular formula is C19H26BF3O2. The standard InChI is InChI=1S/C19H26BF3O2/c1-11(20)15-14(21)6-5-13(12-7-9-19(22,23)10-8-12)16(15)17(24)25-18(2,3)4/h5-6,11-12H,7-10,20H2,1-4H3/t11-/m1/s1. The molecule has 1 fully saturated rings. The Bertz CT molecular complexity index is 641. The van der Waals surface area contributed by atoms with E-state index in [0.29, 0.717) is 11.1 Å². The summed E-state index contributed by atoms with van der Waals surface area (Å²) in [7, 11) is 1.81. The second-order valence-electron chi connectivity index (χ2n) is 8.21. The van der Waals surface area contributed by atoms with Gasteiger partial charge in [0.15, 0.2) is 0 Å². The molecule has 0 bridgehead atoms. The number of esters is 1. The highest BCUT2D eigenvalue weighted by Gasteiger charge is 2.37. The van der Waals surface area contributed by atoms with Gasteiger partial charge in [-0.05, 0) is 62.5 Å². The Labute approximate surface area is 148 Å². The minimum atomic E-state index is -2.65. The van der Waals surface area contributed by atoms with Gasteiger partial charge in [-0.2, -0.15) is 0 Å². The van der Waals surface area contributed by atoms with Crippen LogP contribution in [0.1, 0.15) is 86.6 Å². The minimum Gasteiger partial charge on any atom is -0.456 e. The fourth-order valence-electron chi connectivity index (χ4n) is 3.42. The van der Waals surface area contributed by atoms with Crippen LogP contribution < -0.4 is 0 Å². The molecule has 2 nitrogen and oxygen atoms in total. The van der Waals surface area contributed by atoms with E-state index in [2.05, 4.69) is 0 Å². The summed E-state index contributed by atoms with van der Waals surface area (Å²) < 4.78 is 46.9. The van der Waals surface area contributed by atoms with Crippen molar-refractivity contribution in [2.45, 2.75) is 76.6 Å². The summed E-state index contributed by atoms with van der Waals surface area (Å²) in [6.07, 6.45) is 0.150. The zero-order chi connectivity index (χ0) is 19.0. The number of hydrogen-bond donors (Lipinski definition) is 0. The van der Waals surface area contributed by atoms with Gasteiger partial charge >= 0.3 is 5.97 Å². The van der Waals surface area contributed by atoms with Gasteiger partial charge in [-0.3, -0.25) is 0 Å². The summed E-state index contributed by atoms with van der Waals surface area (Å²) in [5.41, 5.74) is 0.452. The van der Waals surface area contributed by atoms with Gasteiger partial charge < -0.3 is 4.74 Å². The summed E-state index contributed by atoms with van der Waals surface area (Å²) in [5.74, 6) is -4.08. The summed E-state index contributed by atoms with van der Waals surface area (Å²) in [4.78, 5) is 12.8. The van der Waals surface area contributed by atoms with Gasteiger partial charge in [0.05, 0.1) is 5.56 Å². The molecule has 25 heavy (non-hydrogen) atoms. The summed E-state index contributed by atoms with van der Waals surface area (Å²) >= 11 is 0. The molecule has 138 valence electrons. The topological polar surface area (TPSA) is 26.3 Å². The van der Waals surface area contributed by atoms with Crippen LogP contribution in [0.5, 0.6) is 0 Å². The molecule has 1 aliphatic rings. The Morgan fingerprint density at radius 2 is 1.84 bits per heavy atom. The first-order valence-corrected chi connectivity index (χ1v) is 8.85. The molecule has 0 heterocycles. The van der Waals surface area contributed by atoms with Crippen molar-refractivity contribution in [2.24, 2.45) is 0 Å². The smallest absolute Gasteiger partial charge is 0.339 e. The van der Waals surface area contributed by atoms with Crippen molar-refractivity contribution in [3.63, 3.8) is 0 Å². The molecule has 1 atom stereocenters. The van der Waals surface area contributed by atoms with E-state index in [1.165, 1.54) is 6.07 Å². The number of alkyl halides is 2. The fourth-order valence-corrected chi connectivity index (χ4v) is 3.42. The molecule has 0 aromatic heterocycles. The van der Waals surface area contributed by atoms with Crippen LogP contribution >= 0.6 is 0 Å². The molecule has 0 N–H and O–H groups in total. The molecule has 0 unspecified atom stereocenters. The first-order chi connectivity index (χ1) is 11.4. The van der Waals surface area contributed by atoms with Crippen LogP contribution in [0.25, 0.3) is 0 Å². The molecule has 0 amide bonds. The minimum absolute atomic E-state index is 0.180. The number of benzene rings is 1. The third kappa shape index (κ3) is 4.80. The maximum atomic E-state index is 14.4. The van der Waals surface area contributed by atoms with Gasteiger partial charge in [0.2, 0.25) is 5.92 Å². The van der Waals surface area contributed by atoms with Crippen LogP contribution in [0, 0.1) is 5.82 Å². The molecule has 1 aromatic rings. The molecule has 1 aromatic carbocycles. The maximum Gasteiger partial charge on any atom is 0.339 e. The molecule has 0 spiro atoms. The van der Waals surface area contributed by atoms with E-state index in [0.717, 1.165) is 0 Å². The Morgan fingerprint density at radius 1 is 1.28 bits per heavy atom. The van der Waals surface area contributed by atoms with Gasteiger partial charge in [0.25, 0.3) is 0 Å². The predicted molar refractivity (Wildman–Crippen MR) is 94.7 cm³/mol. The number of carbonyl (C=O) groups excluding carboxylic acids is 1. The number of halogens is 3. The monoisotopic (exact) mass is 354 g/mol. The number of ether oxygens (including phenoxy) is 1. The van der Waals surface area contributed by atoms with Crippen molar-refractivity contribution in [1.82, 2.24) is 0 Å². The molecule has 2 rings (SSSR count). The average molecular weight is 354 g/mol. The van der Waals surface area contributed by atoms with Gasteiger partial charge in [0, 0.05) is 12.8 Å². The maximum absolute atomic E-state index is 14.4. The Balaban J connectivity index is 2.49. The highest BCUT2D eigenvalue weighted by Crippen LogP contribution is 2.43. The van der Waals surface area contributed by atoms with Crippen molar-refractivity contribution in [1.29, 1.82) is 0 Å². The van der Waals surface area contributed by atoms with E-state index in [1.807, 2.05) is 14.8 Å². The first kappa shape index (κ1) is 19.9. The van der Waals surface area contributed by atoms with Crippen molar-refractivity contribution < 1.29 is 22.7 Å². The quantitative estimate of drug-likeness (QED) is 0.577. The number of hydrogen-bond acceptors (Lipinski definition) is 2. The van der Waals surface area contributed by atoms with Gasteiger partial charge in [0.1, 0.15) is 19.3 Å². The van der Waals surface area contributed by atoms with Crippen molar-refractivity contribution in [2.75, 3.05) is 0 Å². The van der Waals surface area contributed by atoms with Crippen LogP contribution in [-0.4, -0.2) is 25.3 Å². The second kappa shape index (κ2) is 7.04. The lowest BCUT2D eigenvalue weighted by molar-refractivity contribution is -0.0383.